The fourth-order valence-electron chi connectivity index (χ4n) is 3.04. The quantitative estimate of drug-likeness (QED) is 0.258. The summed E-state index contributed by atoms with van der Waals surface area (Å²) in [6.07, 6.45) is 1.37. The summed E-state index contributed by atoms with van der Waals surface area (Å²) in [6.45, 7) is 5.38. The summed E-state index contributed by atoms with van der Waals surface area (Å²) in [7, 11) is 0. The number of halogens is 1. The third-order valence-electron chi connectivity index (χ3n) is 5.21. The van der Waals surface area contributed by atoms with Crippen molar-refractivity contribution in [2.24, 2.45) is 5.10 Å². The number of hydrogen-bond acceptors (Lipinski definition) is 5. The first kappa shape index (κ1) is 25.5. The van der Waals surface area contributed by atoms with E-state index in [0.717, 1.165) is 16.7 Å². The SMILES string of the molecule is Cc1cccc(NC(=O)C(=O)N/N=C\c2cccc(OCC(=O)Nc3cccc(Cl)c3C)c2)c1C. The monoisotopic (exact) mass is 492 g/mol. The van der Waals surface area contributed by atoms with Crippen LogP contribution in [0, 0.1) is 20.8 Å². The highest BCUT2D eigenvalue weighted by Crippen LogP contribution is 2.23. The predicted molar refractivity (Wildman–Crippen MR) is 137 cm³/mol. The Morgan fingerprint density at radius 1 is 0.886 bits per heavy atom. The molecule has 0 saturated heterocycles. The smallest absolute Gasteiger partial charge is 0.329 e. The van der Waals surface area contributed by atoms with Crippen LogP contribution in [0.1, 0.15) is 22.3 Å². The van der Waals surface area contributed by atoms with Crippen LogP contribution in [-0.2, 0) is 14.4 Å². The lowest BCUT2D eigenvalue weighted by molar-refractivity contribution is -0.136. The Labute approximate surface area is 208 Å². The zero-order valence-corrected chi connectivity index (χ0v) is 20.3. The number of benzene rings is 3. The van der Waals surface area contributed by atoms with Crippen molar-refractivity contribution >= 4 is 46.9 Å². The van der Waals surface area contributed by atoms with Gasteiger partial charge in [-0.3, -0.25) is 14.4 Å². The van der Waals surface area contributed by atoms with Gasteiger partial charge in [0.25, 0.3) is 5.91 Å². The Kier molecular flexibility index (Phi) is 8.58. The highest BCUT2D eigenvalue weighted by atomic mass is 35.5. The molecule has 0 aliphatic rings. The molecule has 0 unspecified atom stereocenters. The molecule has 0 aromatic heterocycles. The number of carbonyl (C=O) groups excluding carboxylic acids is 3. The maximum atomic E-state index is 12.2. The van der Waals surface area contributed by atoms with E-state index < -0.39 is 11.8 Å². The summed E-state index contributed by atoms with van der Waals surface area (Å²) < 4.78 is 5.55. The second-order valence-corrected chi connectivity index (χ2v) is 8.13. The van der Waals surface area contributed by atoms with Gasteiger partial charge in [-0.2, -0.15) is 5.10 Å². The van der Waals surface area contributed by atoms with E-state index >= 15 is 0 Å². The highest BCUT2D eigenvalue weighted by Gasteiger charge is 2.14. The lowest BCUT2D eigenvalue weighted by Gasteiger charge is -2.10. The van der Waals surface area contributed by atoms with Gasteiger partial charge in [0.2, 0.25) is 0 Å². The van der Waals surface area contributed by atoms with Crippen LogP contribution in [0.2, 0.25) is 5.02 Å². The number of nitrogens with zero attached hydrogens (tertiary/aromatic N) is 1. The van der Waals surface area contributed by atoms with Crippen molar-refractivity contribution in [3.63, 3.8) is 0 Å². The average Bonchev–Trinajstić information content (AvgIpc) is 2.84. The van der Waals surface area contributed by atoms with Gasteiger partial charge in [0.05, 0.1) is 6.21 Å². The molecular weight excluding hydrogens is 468 g/mol. The molecule has 3 rings (SSSR count). The maximum Gasteiger partial charge on any atom is 0.329 e. The van der Waals surface area contributed by atoms with Gasteiger partial charge in [0, 0.05) is 16.4 Å². The van der Waals surface area contributed by atoms with Crippen LogP contribution in [0.3, 0.4) is 0 Å². The van der Waals surface area contributed by atoms with E-state index in [1.54, 1.807) is 54.6 Å². The van der Waals surface area contributed by atoms with Gasteiger partial charge in [0.1, 0.15) is 5.75 Å². The fourth-order valence-corrected chi connectivity index (χ4v) is 3.22. The molecule has 9 heteroatoms. The van der Waals surface area contributed by atoms with Crippen molar-refractivity contribution in [3.8, 4) is 5.75 Å². The Bertz CT molecular complexity index is 1290. The number of carbonyl (C=O) groups is 3. The Morgan fingerprint density at radius 2 is 1.57 bits per heavy atom. The van der Waals surface area contributed by atoms with Crippen LogP contribution < -0.4 is 20.8 Å². The molecule has 0 aliphatic heterocycles. The van der Waals surface area contributed by atoms with E-state index in [9.17, 15) is 14.4 Å². The molecule has 0 saturated carbocycles. The maximum absolute atomic E-state index is 12.2. The van der Waals surface area contributed by atoms with Gasteiger partial charge in [-0.25, -0.2) is 5.43 Å². The summed E-state index contributed by atoms with van der Waals surface area (Å²) in [5.74, 6) is -1.63. The topological polar surface area (TPSA) is 109 Å². The van der Waals surface area contributed by atoms with E-state index in [2.05, 4.69) is 21.2 Å². The minimum atomic E-state index is -0.900. The number of rotatable bonds is 7. The van der Waals surface area contributed by atoms with Crippen molar-refractivity contribution in [3.05, 3.63) is 87.9 Å². The van der Waals surface area contributed by atoms with Crippen molar-refractivity contribution in [2.75, 3.05) is 17.2 Å². The predicted octanol–water partition coefficient (Wildman–Crippen LogP) is 4.37. The summed E-state index contributed by atoms with van der Waals surface area (Å²) in [5.41, 5.74) is 6.62. The van der Waals surface area contributed by atoms with Gasteiger partial charge in [0.15, 0.2) is 6.61 Å². The summed E-state index contributed by atoms with van der Waals surface area (Å²) in [6, 6.07) is 17.5. The standard InChI is InChI=1S/C26H25ClN4O4/c1-16-7-4-11-22(17(16)2)30-25(33)26(34)31-28-14-19-8-5-9-20(13-19)35-15-24(32)29-23-12-6-10-21(27)18(23)3/h4-14H,15H2,1-3H3,(H,29,32)(H,30,33)(H,31,34)/b28-14-. The molecule has 0 fully saturated rings. The van der Waals surface area contributed by atoms with E-state index in [-0.39, 0.29) is 12.5 Å². The molecule has 0 heterocycles. The van der Waals surface area contributed by atoms with Crippen molar-refractivity contribution in [1.82, 2.24) is 5.43 Å². The number of nitrogens with one attached hydrogen (secondary N) is 3. The van der Waals surface area contributed by atoms with Crippen LogP contribution in [0.25, 0.3) is 0 Å². The second kappa shape index (κ2) is 11.8. The lowest BCUT2D eigenvalue weighted by atomic mass is 10.1. The van der Waals surface area contributed by atoms with Gasteiger partial charge < -0.3 is 15.4 Å². The fraction of sp³-hybridized carbons (Fsp3) is 0.154. The first-order chi connectivity index (χ1) is 16.7. The van der Waals surface area contributed by atoms with E-state index in [1.165, 1.54) is 6.21 Å². The Morgan fingerprint density at radius 3 is 2.34 bits per heavy atom. The molecule has 3 N–H and O–H groups in total. The molecule has 3 amide bonds. The van der Waals surface area contributed by atoms with E-state index in [0.29, 0.717) is 27.7 Å². The van der Waals surface area contributed by atoms with Gasteiger partial charge in [-0.15, -0.1) is 0 Å². The number of ether oxygens (including phenoxy) is 1. The normalized spacial score (nSPS) is 10.6. The molecule has 0 atom stereocenters. The minimum absolute atomic E-state index is 0.207. The minimum Gasteiger partial charge on any atom is -0.484 e. The van der Waals surface area contributed by atoms with Crippen molar-refractivity contribution in [2.45, 2.75) is 20.8 Å². The number of hydrogen-bond donors (Lipinski definition) is 3. The molecule has 0 spiro atoms. The number of anilines is 2. The second-order valence-electron chi connectivity index (χ2n) is 7.72. The van der Waals surface area contributed by atoms with Crippen LogP contribution in [0.4, 0.5) is 11.4 Å². The molecule has 8 nitrogen and oxygen atoms in total. The number of aryl methyl sites for hydroxylation is 1. The van der Waals surface area contributed by atoms with Gasteiger partial charge in [-0.1, -0.05) is 41.9 Å². The Balaban J connectivity index is 1.51. The first-order valence-electron chi connectivity index (χ1n) is 10.7. The lowest BCUT2D eigenvalue weighted by Crippen LogP contribution is -2.32. The highest BCUT2D eigenvalue weighted by molar-refractivity contribution is 6.39. The third-order valence-corrected chi connectivity index (χ3v) is 5.62. The molecule has 0 radical (unpaired) electrons. The number of hydrazone groups is 1. The van der Waals surface area contributed by atoms with Crippen LogP contribution >= 0.6 is 11.6 Å². The van der Waals surface area contributed by atoms with E-state index in [1.807, 2.05) is 26.8 Å². The summed E-state index contributed by atoms with van der Waals surface area (Å²) >= 11 is 6.07. The molecule has 180 valence electrons. The summed E-state index contributed by atoms with van der Waals surface area (Å²) in [4.78, 5) is 36.4. The number of amides is 3. The largest absolute Gasteiger partial charge is 0.484 e. The van der Waals surface area contributed by atoms with Crippen molar-refractivity contribution in [1.29, 1.82) is 0 Å². The molecular formula is C26H25ClN4O4. The zero-order chi connectivity index (χ0) is 25.4. The average molecular weight is 493 g/mol. The van der Waals surface area contributed by atoms with Crippen molar-refractivity contribution < 1.29 is 19.1 Å². The molecule has 3 aromatic rings. The molecule has 35 heavy (non-hydrogen) atoms. The van der Waals surface area contributed by atoms with Gasteiger partial charge >= 0.3 is 11.8 Å². The molecule has 3 aromatic carbocycles. The zero-order valence-electron chi connectivity index (χ0n) is 19.5. The van der Waals surface area contributed by atoms with Gasteiger partial charge in [-0.05, 0) is 73.4 Å². The molecule has 0 bridgehead atoms. The first-order valence-corrected chi connectivity index (χ1v) is 11.1. The molecule has 0 aliphatic carbocycles. The van der Waals surface area contributed by atoms with Crippen LogP contribution in [0.15, 0.2) is 65.8 Å². The Hall–Kier alpha value is -4.17. The van der Waals surface area contributed by atoms with E-state index in [4.69, 9.17) is 16.3 Å². The summed E-state index contributed by atoms with van der Waals surface area (Å²) in [5, 5.41) is 9.71. The van der Waals surface area contributed by atoms with Crippen LogP contribution in [-0.4, -0.2) is 30.5 Å². The van der Waals surface area contributed by atoms with Crippen LogP contribution in [0.5, 0.6) is 5.75 Å². The third kappa shape index (κ3) is 7.15.